The highest BCUT2D eigenvalue weighted by atomic mass is 35.5. The van der Waals surface area contributed by atoms with E-state index in [1.807, 2.05) is 31.3 Å². The Morgan fingerprint density at radius 3 is 3.10 bits per heavy atom. The molecule has 1 fully saturated rings. The van der Waals surface area contributed by atoms with Crippen molar-refractivity contribution in [3.05, 3.63) is 34.9 Å². The van der Waals surface area contributed by atoms with E-state index < -0.39 is 0 Å². The molecule has 0 bridgehead atoms. The van der Waals surface area contributed by atoms with Crippen molar-refractivity contribution in [3.63, 3.8) is 0 Å². The molecule has 0 radical (unpaired) electrons. The summed E-state index contributed by atoms with van der Waals surface area (Å²) in [5.74, 6) is 0.0810. The first-order valence-corrected chi connectivity index (χ1v) is 7.94. The Bertz CT molecular complexity index is 461. The van der Waals surface area contributed by atoms with Crippen molar-refractivity contribution in [3.8, 4) is 0 Å². The van der Waals surface area contributed by atoms with Crippen molar-refractivity contribution >= 4 is 17.5 Å². The van der Waals surface area contributed by atoms with Gasteiger partial charge in [-0.05, 0) is 50.6 Å². The summed E-state index contributed by atoms with van der Waals surface area (Å²) in [6.45, 7) is 3.13. The average molecular weight is 310 g/mol. The zero-order valence-corrected chi connectivity index (χ0v) is 13.3. The summed E-state index contributed by atoms with van der Waals surface area (Å²) in [6, 6.07) is 8.29. The number of hydrogen-bond acceptors (Lipinski definition) is 3. The van der Waals surface area contributed by atoms with E-state index in [9.17, 15) is 4.79 Å². The van der Waals surface area contributed by atoms with Gasteiger partial charge in [0.15, 0.2) is 0 Å². The average Bonchev–Trinajstić information content (AvgIpc) is 2.91. The van der Waals surface area contributed by atoms with Crippen LogP contribution in [0.1, 0.15) is 18.4 Å². The van der Waals surface area contributed by atoms with E-state index in [0.717, 1.165) is 30.1 Å². The molecule has 21 heavy (non-hydrogen) atoms. The Morgan fingerprint density at radius 1 is 1.52 bits per heavy atom. The minimum Gasteiger partial charge on any atom is -0.355 e. The SMILES string of the molecule is CN(CC(=O)NCCc1cccc(Cl)c1)CC1CCCN1. The zero-order valence-electron chi connectivity index (χ0n) is 12.6. The molecule has 1 heterocycles. The van der Waals surface area contributed by atoms with E-state index in [4.69, 9.17) is 11.6 Å². The number of carbonyl (C=O) groups excluding carboxylic acids is 1. The number of benzene rings is 1. The first-order chi connectivity index (χ1) is 10.1. The topological polar surface area (TPSA) is 44.4 Å². The lowest BCUT2D eigenvalue weighted by atomic mass is 10.1. The third kappa shape index (κ3) is 6.04. The van der Waals surface area contributed by atoms with Crippen LogP contribution in [0.4, 0.5) is 0 Å². The van der Waals surface area contributed by atoms with Gasteiger partial charge in [0, 0.05) is 24.2 Å². The van der Waals surface area contributed by atoms with Crippen molar-refractivity contribution in [1.82, 2.24) is 15.5 Å². The van der Waals surface area contributed by atoms with E-state index in [0.29, 0.717) is 19.1 Å². The van der Waals surface area contributed by atoms with Crippen LogP contribution in [0.3, 0.4) is 0 Å². The van der Waals surface area contributed by atoms with Crippen molar-refractivity contribution in [2.45, 2.75) is 25.3 Å². The zero-order chi connectivity index (χ0) is 15.1. The first kappa shape index (κ1) is 16.3. The predicted molar refractivity (Wildman–Crippen MR) is 86.7 cm³/mol. The van der Waals surface area contributed by atoms with Crippen molar-refractivity contribution in [1.29, 1.82) is 0 Å². The Hall–Kier alpha value is -1.10. The first-order valence-electron chi connectivity index (χ1n) is 7.56. The van der Waals surface area contributed by atoms with E-state index in [1.165, 1.54) is 12.8 Å². The van der Waals surface area contributed by atoms with Gasteiger partial charge in [0.2, 0.25) is 5.91 Å². The van der Waals surface area contributed by atoms with Gasteiger partial charge >= 0.3 is 0 Å². The molecule has 2 N–H and O–H groups in total. The van der Waals surface area contributed by atoms with Crippen LogP contribution >= 0.6 is 11.6 Å². The Balaban J connectivity index is 1.62. The van der Waals surface area contributed by atoms with Gasteiger partial charge in [0.25, 0.3) is 0 Å². The molecule has 0 aromatic heterocycles. The van der Waals surface area contributed by atoms with Gasteiger partial charge in [-0.1, -0.05) is 23.7 Å². The highest BCUT2D eigenvalue weighted by Gasteiger charge is 2.16. The van der Waals surface area contributed by atoms with Gasteiger partial charge < -0.3 is 10.6 Å². The molecule has 1 amide bonds. The molecule has 0 saturated carbocycles. The summed E-state index contributed by atoms with van der Waals surface area (Å²) in [6.07, 6.45) is 3.26. The van der Waals surface area contributed by atoms with Gasteiger partial charge in [0.1, 0.15) is 0 Å². The van der Waals surface area contributed by atoms with E-state index in [1.54, 1.807) is 0 Å². The van der Waals surface area contributed by atoms with Crippen LogP contribution in [0.15, 0.2) is 24.3 Å². The monoisotopic (exact) mass is 309 g/mol. The third-order valence-electron chi connectivity index (χ3n) is 3.73. The molecule has 1 atom stereocenters. The van der Waals surface area contributed by atoms with Gasteiger partial charge in [-0.15, -0.1) is 0 Å². The van der Waals surface area contributed by atoms with Crippen molar-refractivity contribution < 1.29 is 4.79 Å². The highest BCUT2D eigenvalue weighted by molar-refractivity contribution is 6.30. The smallest absolute Gasteiger partial charge is 0.234 e. The second-order valence-corrected chi connectivity index (χ2v) is 6.16. The van der Waals surface area contributed by atoms with Crippen LogP contribution in [0.5, 0.6) is 0 Å². The van der Waals surface area contributed by atoms with E-state index in [2.05, 4.69) is 15.5 Å². The number of hydrogen-bond donors (Lipinski definition) is 2. The molecule has 1 unspecified atom stereocenters. The third-order valence-corrected chi connectivity index (χ3v) is 3.97. The van der Waals surface area contributed by atoms with E-state index in [-0.39, 0.29) is 5.91 Å². The molecule has 1 saturated heterocycles. The number of likely N-dealkylation sites (N-methyl/N-ethyl adjacent to an activating group) is 1. The maximum absolute atomic E-state index is 11.9. The van der Waals surface area contributed by atoms with Crippen LogP contribution in [0.2, 0.25) is 5.02 Å². The molecule has 1 aliphatic rings. The van der Waals surface area contributed by atoms with Crippen molar-refractivity contribution in [2.75, 3.05) is 33.2 Å². The van der Waals surface area contributed by atoms with Gasteiger partial charge in [0.05, 0.1) is 6.54 Å². The van der Waals surface area contributed by atoms with Crippen LogP contribution < -0.4 is 10.6 Å². The fraction of sp³-hybridized carbons (Fsp3) is 0.562. The second-order valence-electron chi connectivity index (χ2n) is 5.72. The molecule has 1 aliphatic heterocycles. The predicted octanol–water partition coefficient (Wildman–Crippen LogP) is 1.68. The number of rotatable bonds is 7. The summed E-state index contributed by atoms with van der Waals surface area (Å²) in [7, 11) is 2.00. The largest absolute Gasteiger partial charge is 0.355 e. The Morgan fingerprint density at radius 2 is 2.38 bits per heavy atom. The molecule has 4 nitrogen and oxygen atoms in total. The minimum absolute atomic E-state index is 0.0810. The highest BCUT2D eigenvalue weighted by Crippen LogP contribution is 2.10. The molecule has 5 heteroatoms. The van der Waals surface area contributed by atoms with Crippen LogP contribution in [0.25, 0.3) is 0 Å². The fourth-order valence-electron chi connectivity index (χ4n) is 2.69. The number of amides is 1. The standard InChI is InChI=1S/C16H24ClN3O/c1-20(11-15-6-3-8-18-15)12-16(21)19-9-7-13-4-2-5-14(17)10-13/h2,4-5,10,15,18H,3,6-9,11-12H2,1H3,(H,19,21). The normalized spacial score (nSPS) is 18.1. The number of halogens is 1. The van der Waals surface area contributed by atoms with Gasteiger partial charge in [-0.2, -0.15) is 0 Å². The lowest BCUT2D eigenvalue weighted by molar-refractivity contribution is -0.121. The maximum Gasteiger partial charge on any atom is 0.234 e. The molecule has 1 aromatic carbocycles. The molecular weight excluding hydrogens is 286 g/mol. The van der Waals surface area contributed by atoms with Crippen LogP contribution in [0, 0.1) is 0 Å². The minimum atomic E-state index is 0.0810. The molecule has 0 spiro atoms. The van der Waals surface area contributed by atoms with E-state index >= 15 is 0 Å². The van der Waals surface area contributed by atoms with Gasteiger partial charge in [-0.25, -0.2) is 0 Å². The van der Waals surface area contributed by atoms with Crippen LogP contribution in [-0.2, 0) is 11.2 Å². The second kappa shape index (κ2) is 8.37. The lowest BCUT2D eigenvalue weighted by Gasteiger charge is -2.20. The fourth-order valence-corrected chi connectivity index (χ4v) is 2.91. The summed E-state index contributed by atoms with van der Waals surface area (Å²) < 4.78 is 0. The summed E-state index contributed by atoms with van der Waals surface area (Å²) in [4.78, 5) is 14.0. The molecule has 1 aromatic rings. The Labute approximate surface area is 131 Å². The maximum atomic E-state index is 11.9. The molecular formula is C16H24ClN3O. The molecule has 2 rings (SSSR count). The van der Waals surface area contributed by atoms with Crippen molar-refractivity contribution in [2.24, 2.45) is 0 Å². The summed E-state index contributed by atoms with van der Waals surface area (Å²) in [5.41, 5.74) is 1.14. The number of carbonyl (C=O) groups is 1. The number of nitrogens with zero attached hydrogens (tertiary/aromatic N) is 1. The lowest BCUT2D eigenvalue weighted by Crippen LogP contribution is -2.41. The Kier molecular flexibility index (Phi) is 6.49. The summed E-state index contributed by atoms with van der Waals surface area (Å²) in [5, 5.41) is 7.15. The molecule has 0 aliphatic carbocycles. The van der Waals surface area contributed by atoms with Crippen LogP contribution in [-0.4, -0.2) is 50.1 Å². The quantitative estimate of drug-likeness (QED) is 0.805. The molecule has 116 valence electrons. The number of nitrogens with one attached hydrogen (secondary N) is 2. The van der Waals surface area contributed by atoms with Gasteiger partial charge in [-0.3, -0.25) is 9.69 Å². The summed E-state index contributed by atoms with van der Waals surface area (Å²) >= 11 is 5.94.